The molecule has 1 aliphatic rings. The van der Waals surface area contributed by atoms with Crippen LogP contribution in [0.5, 0.6) is 0 Å². The summed E-state index contributed by atoms with van der Waals surface area (Å²) < 4.78 is 5.49. The second-order valence-electron chi connectivity index (χ2n) is 7.17. The van der Waals surface area contributed by atoms with Crippen LogP contribution in [0, 0.1) is 6.92 Å². The summed E-state index contributed by atoms with van der Waals surface area (Å²) >= 11 is 0. The number of nitrogens with one attached hydrogen (secondary N) is 2. The molecule has 2 aromatic rings. The maximum atomic E-state index is 13.3. The van der Waals surface area contributed by atoms with E-state index >= 15 is 0 Å². The fourth-order valence-corrected chi connectivity index (χ4v) is 3.45. The Morgan fingerprint density at radius 3 is 2.21 bits per heavy atom. The summed E-state index contributed by atoms with van der Waals surface area (Å²) in [5.41, 5.74) is 2.33. The van der Waals surface area contributed by atoms with Gasteiger partial charge in [-0.2, -0.15) is 0 Å². The smallest absolute Gasteiger partial charge is 0.322 e. The Labute approximate surface area is 169 Å². The van der Waals surface area contributed by atoms with Crippen molar-refractivity contribution in [3.05, 3.63) is 65.2 Å². The predicted octanol–water partition coefficient (Wildman–Crippen LogP) is 2.50. The van der Waals surface area contributed by atoms with E-state index in [1.54, 1.807) is 24.3 Å². The zero-order valence-electron chi connectivity index (χ0n) is 16.2. The van der Waals surface area contributed by atoms with Crippen molar-refractivity contribution >= 4 is 23.5 Å². The summed E-state index contributed by atoms with van der Waals surface area (Å²) in [6, 6.07) is 14.4. The maximum Gasteiger partial charge on any atom is 0.322 e. The van der Waals surface area contributed by atoms with Crippen LogP contribution in [0.3, 0.4) is 0 Å². The van der Waals surface area contributed by atoms with Gasteiger partial charge in [-0.05, 0) is 49.6 Å². The Balaban J connectivity index is 1.75. The van der Waals surface area contributed by atoms with Gasteiger partial charge < -0.3 is 20.5 Å². The standard InChI is InChI=1S/C22H24N2O5/c1-15-2-6-17(7-3-15)22(10-12-29-13-11-22)21(28)24-18-8-4-16(5-9-18)20(27)23-14-19(25)26/h2-9H,10-14H2,1H3,(H,23,27)(H,24,28)(H,25,26). The number of carboxylic acids is 1. The molecule has 7 nitrogen and oxygen atoms in total. The van der Waals surface area contributed by atoms with Gasteiger partial charge in [0.2, 0.25) is 5.91 Å². The van der Waals surface area contributed by atoms with Gasteiger partial charge in [0.1, 0.15) is 6.54 Å². The lowest BCUT2D eigenvalue weighted by Crippen LogP contribution is -2.44. The highest BCUT2D eigenvalue weighted by Crippen LogP contribution is 2.36. The molecule has 0 bridgehead atoms. The minimum absolute atomic E-state index is 0.104. The number of carbonyl (C=O) groups excluding carboxylic acids is 2. The number of amides is 2. The summed E-state index contributed by atoms with van der Waals surface area (Å²) in [5, 5.41) is 13.9. The largest absolute Gasteiger partial charge is 0.480 e. The molecule has 0 aliphatic carbocycles. The van der Waals surface area contributed by atoms with Gasteiger partial charge >= 0.3 is 5.97 Å². The third kappa shape index (κ3) is 4.81. The number of carboxylic acid groups (broad SMARTS) is 1. The van der Waals surface area contributed by atoms with Crippen molar-refractivity contribution in [3.63, 3.8) is 0 Å². The average molecular weight is 396 g/mol. The predicted molar refractivity (Wildman–Crippen MR) is 108 cm³/mol. The molecule has 7 heteroatoms. The zero-order chi connectivity index (χ0) is 20.9. The van der Waals surface area contributed by atoms with Crippen LogP contribution in [0.4, 0.5) is 5.69 Å². The van der Waals surface area contributed by atoms with E-state index < -0.39 is 23.8 Å². The SMILES string of the molecule is Cc1ccc(C2(C(=O)Nc3ccc(C(=O)NCC(=O)O)cc3)CCOCC2)cc1. The Morgan fingerprint density at radius 2 is 1.62 bits per heavy atom. The van der Waals surface area contributed by atoms with Gasteiger partial charge in [-0.15, -0.1) is 0 Å². The molecule has 0 radical (unpaired) electrons. The minimum Gasteiger partial charge on any atom is -0.480 e. The van der Waals surface area contributed by atoms with Gasteiger partial charge in [0.15, 0.2) is 0 Å². The first-order valence-electron chi connectivity index (χ1n) is 9.47. The topological polar surface area (TPSA) is 105 Å². The van der Waals surface area contributed by atoms with Crippen LogP contribution in [0.2, 0.25) is 0 Å². The van der Waals surface area contributed by atoms with E-state index in [0.29, 0.717) is 37.3 Å². The molecule has 2 aromatic carbocycles. The van der Waals surface area contributed by atoms with Crippen molar-refractivity contribution in [1.82, 2.24) is 5.32 Å². The minimum atomic E-state index is -1.11. The van der Waals surface area contributed by atoms with Crippen molar-refractivity contribution in [3.8, 4) is 0 Å². The lowest BCUT2D eigenvalue weighted by Gasteiger charge is -2.36. The van der Waals surface area contributed by atoms with E-state index in [9.17, 15) is 14.4 Å². The quantitative estimate of drug-likeness (QED) is 0.696. The molecule has 0 unspecified atom stereocenters. The van der Waals surface area contributed by atoms with Crippen LogP contribution < -0.4 is 10.6 Å². The molecule has 1 aliphatic heterocycles. The first-order valence-corrected chi connectivity index (χ1v) is 9.47. The number of rotatable bonds is 6. The molecule has 1 heterocycles. The highest BCUT2D eigenvalue weighted by Gasteiger charge is 2.41. The third-order valence-electron chi connectivity index (χ3n) is 5.19. The Bertz CT molecular complexity index is 884. The first-order chi connectivity index (χ1) is 13.9. The van der Waals surface area contributed by atoms with Gasteiger partial charge in [-0.3, -0.25) is 14.4 Å². The first kappa shape index (κ1) is 20.5. The monoisotopic (exact) mass is 396 g/mol. The number of benzene rings is 2. The highest BCUT2D eigenvalue weighted by molar-refractivity contribution is 6.00. The molecule has 1 saturated heterocycles. The van der Waals surface area contributed by atoms with E-state index in [4.69, 9.17) is 9.84 Å². The molecule has 0 aromatic heterocycles. The van der Waals surface area contributed by atoms with Gasteiger partial charge in [0.25, 0.3) is 5.91 Å². The van der Waals surface area contributed by atoms with E-state index in [1.165, 1.54) is 0 Å². The Kier molecular flexibility index (Phi) is 6.29. The van der Waals surface area contributed by atoms with Gasteiger partial charge in [-0.25, -0.2) is 0 Å². The lowest BCUT2D eigenvalue weighted by atomic mass is 9.73. The second kappa shape index (κ2) is 8.87. The van der Waals surface area contributed by atoms with E-state index in [1.807, 2.05) is 31.2 Å². The number of carbonyl (C=O) groups is 3. The molecule has 1 fully saturated rings. The van der Waals surface area contributed by atoms with Crippen LogP contribution in [0.15, 0.2) is 48.5 Å². The second-order valence-corrected chi connectivity index (χ2v) is 7.17. The van der Waals surface area contributed by atoms with Crippen LogP contribution >= 0.6 is 0 Å². The molecular weight excluding hydrogens is 372 g/mol. The van der Waals surface area contributed by atoms with Gasteiger partial charge in [0, 0.05) is 24.5 Å². The summed E-state index contributed by atoms with van der Waals surface area (Å²) in [6.07, 6.45) is 1.19. The summed E-state index contributed by atoms with van der Waals surface area (Å²) in [4.78, 5) is 35.7. The van der Waals surface area contributed by atoms with Crippen molar-refractivity contribution in [1.29, 1.82) is 0 Å². The molecule has 2 amide bonds. The van der Waals surface area contributed by atoms with Crippen molar-refractivity contribution in [2.75, 3.05) is 25.1 Å². The van der Waals surface area contributed by atoms with Crippen LogP contribution in [0.25, 0.3) is 0 Å². The van der Waals surface area contributed by atoms with E-state index in [0.717, 1.165) is 11.1 Å². The zero-order valence-corrected chi connectivity index (χ0v) is 16.2. The molecule has 3 rings (SSSR count). The van der Waals surface area contributed by atoms with E-state index in [-0.39, 0.29) is 5.91 Å². The van der Waals surface area contributed by atoms with Crippen LogP contribution in [-0.2, 0) is 19.7 Å². The fraction of sp³-hybridized carbons (Fsp3) is 0.318. The number of hydrogen-bond acceptors (Lipinski definition) is 4. The molecule has 0 atom stereocenters. The fourth-order valence-electron chi connectivity index (χ4n) is 3.45. The van der Waals surface area contributed by atoms with Gasteiger partial charge in [0.05, 0.1) is 5.41 Å². The lowest BCUT2D eigenvalue weighted by molar-refractivity contribution is -0.135. The maximum absolute atomic E-state index is 13.3. The number of anilines is 1. The molecule has 29 heavy (non-hydrogen) atoms. The number of aryl methyl sites for hydroxylation is 1. The molecule has 3 N–H and O–H groups in total. The van der Waals surface area contributed by atoms with Crippen LogP contribution in [0.1, 0.15) is 34.3 Å². The number of ether oxygens (including phenoxy) is 1. The Hall–Kier alpha value is -3.19. The van der Waals surface area contributed by atoms with E-state index in [2.05, 4.69) is 10.6 Å². The van der Waals surface area contributed by atoms with Crippen LogP contribution in [-0.4, -0.2) is 42.6 Å². The molecule has 0 saturated carbocycles. The highest BCUT2D eigenvalue weighted by atomic mass is 16.5. The number of hydrogen-bond donors (Lipinski definition) is 3. The normalized spacial score (nSPS) is 15.3. The third-order valence-corrected chi connectivity index (χ3v) is 5.19. The average Bonchev–Trinajstić information content (AvgIpc) is 2.73. The summed E-state index contributed by atoms with van der Waals surface area (Å²) in [6.45, 7) is 2.60. The Morgan fingerprint density at radius 1 is 1.00 bits per heavy atom. The number of aliphatic carboxylic acids is 1. The van der Waals surface area contributed by atoms with Crippen molar-refractivity contribution in [2.24, 2.45) is 0 Å². The molecule has 152 valence electrons. The summed E-state index contributed by atoms with van der Waals surface area (Å²) in [5.74, 6) is -1.70. The van der Waals surface area contributed by atoms with Crippen molar-refractivity contribution in [2.45, 2.75) is 25.2 Å². The van der Waals surface area contributed by atoms with Gasteiger partial charge in [-0.1, -0.05) is 29.8 Å². The summed E-state index contributed by atoms with van der Waals surface area (Å²) in [7, 11) is 0. The molecule has 0 spiro atoms. The van der Waals surface area contributed by atoms with Crippen molar-refractivity contribution < 1.29 is 24.2 Å². The molecular formula is C22H24N2O5.